The van der Waals surface area contributed by atoms with E-state index in [1.165, 1.54) is 28.1 Å². The van der Waals surface area contributed by atoms with Crippen molar-refractivity contribution in [1.82, 2.24) is 0 Å². The van der Waals surface area contributed by atoms with Crippen molar-refractivity contribution in [2.45, 2.75) is 13.8 Å². The van der Waals surface area contributed by atoms with Crippen LogP contribution in [-0.4, -0.2) is 46.2 Å². The summed E-state index contributed by atoms with van der Waals surface area (Å²) in [5, 5.41) is 0. The van der Waals surface area contributed by atoms with Gasteiger partial charge in [0.05, 0.1) is 0 Å². The van der Waals surface area contributed by atoms with Crippen molar-refractivity contribution in [3.63, 3.8) is 0 Å². The van der Waals surface area contributed by atoms with Gasteiger partial charge < -0.3 is 28.4 Å². The average molecular weight is 326 g/mol. The Morgan fingerprint density at radius 3 is 1.57 bits per heavy atom. The van der Waals surface area contributed by atoms with E-state index in [2.05, 4.69) is 0 Å². The Balaban J connectivity index is 2.74. The first-order valence-corrected chi connectivity index (χ1v) is 6.77. The van der Waals surface area contributed by atoms with E-state index in [9.17, 15) is 9.59 Å². The molecule has 1 heterocycles. The van der Waals surface area contributed by atoms with Crippen molar-refractivity contribution >= 4 is 11.6 Å². The molecule has 0 bridgehead atoms. The van der Waals surface area contributed by atoms with E-state index in [-0.39, 0.29) is 66.1 Å². The Morgan fingerprint density at radius 2 is 1.26 bits per heavy atom. The molecule has 0 fully saturated rings. The predicted molar refractivity (Wildman–Crippen MR) is 77.6 cm³/mol. The van der Waals surface area contributed by atoms with Crippen LogP contribution < -0.4 is 18.9 Å². The molecule has 8 nitrogen and oxygen atoms in total. The number of methoxy groups -OCH3 is 2. The highest BCUT2D eigenvalue weighted by Crippen LogP contribution is 2.51. The van der Waals surface area contributed by atoms with Crippen LogP contribution in [0.2, 0.25) is 0 Å². The van der Waals surface area contributed by atoms with Gasteiger partial charge in [0.1, 0.15) is 11.1 Å². The van der Waals surface area contributed by atoms with Crippen LogP contribution in [0.25, 0.3) is 0 Å². The lowest BCUT2D eigenvalue weighted by Gasteiger charge is -2.19. The number of carbonyl (C=O) groups is 2. The molecule has 0 aromatic heterocycles. The summed E-state index contributed by atoms with van der Waals surface area (Å²) < 4.78 is 31.4. The van der Waals surface area contributed by atoms with E-state index in [0.29, 0.717) is 0 Å². The van der Waals surface area contributed by atoms with Gasteiger partial charge in [-0.1, -0.05) is 0 Å². The summed E-state index contributed by atoms with van der Waals surface area (Å²) in [6.45, 7) is 2.32. The molecule has 1 aliphatic rings. The molecule has 0 N–H and O–H groups in total. The van der Waals surface area contributed by atoms with Crippen LogP contribution in [0.3, 0.4) is 0 Å². The summed E-state index contributed by atoms with van der Waals surface area (Å²) in [7, 11) is 2.87. The van der Waals surface area contributed by atoms with Crippen LogP contribution in [0, 0.1) is 0 Å². The zero-order valence-electron chi connectivity index (χ0n) is 13.4. The third kappa shape index (κ3) is 3.22. The monoisotopic (exact) mass is 326 g/mol. The third-order valence-corrected chi connectivity index (χ3v) is 3.07. The molecular weight excluding hydrogens is 308 g/mol. The highest BCUT2D eigenvalue weighted by molar-refractivity contribution is 6.08. The Hall–Kier alpha value is -2.32. The topological polar surface area (TPSA) is 89.5 Å². The summed E-state index contributed by atoms with van der Waals surface area (Å²) in [4.78, 5) is 24.1. The lowest BCUT2D eigenvalue weighted by molar-refractivity contribution is 0.0309. The van der Waals surface area contributed by atoms with Gasteiger partial charge in [0, 0.05) is 14.2 Å². The number of ketones is 2. The minimum absolute atomic E-state index is 0.0610. The van der Waals surface area contributed by atoms with Gasteiger partial charge >= 0.3 is 0 Å². The fourth-order valence-corrected chi connectivity index (χ4v) is 2.23. The quantitative estimate of drug-likeness (QED) is 0.527. The molecule has 1 aromatic rings. The lowest BCUT2D eigenvalue weighted by atomic mass is 10.0. The van der Waals surface area contributed by atoms with Crippen LogP contribution in [-0.2, 0) is 9.47 Å². The number of ether oxygens (including phenoxy) is 6. The van der Waals surface area contributed by atoms with E-state index < -0.39 is 0 Å². The van der Waals surface area contributed by atoms with Crippen LogP contribution in [0.4, 0.5) is 0 Å². The van der Waals surface area contributed by atoms with E-state index in [1.54, 1.807) is 0 Å². The van der Waals surface area contributed by atoms with E-state index in [1.807, 2.05) is 0 Å². The van der Waals surface area contributed by atoms with Gasteiger partial charge in [0.15, 0.2) is 48.2 Å². The molecule has 2 rings (SSSR count). The number of hydrogen-bond donors (Lipinski definition) is 0. The maximum Gasteiger partial charge on any atom is 0.231 e. The van der Waals surface area contributed by atoms with Gasteiger partial charge in [-0.15, -0.1) is 0 Å². The zero-order chi connectivity index (χ0) is 17.0. The standard InChI is InChI=1S/C15H18O8/c1-8(16)10-12(20-5-18-3)13(21-6-19-4)11(9(2)17)15-14(10)22-7-23-15/h5-7H2,1-4H3. The first-order valence-electron chi connectivity index (χ1n) is 6.77. The van der Waals surface area contributed by atoms with Gasteiger partial charge in [-0.25, -0.2) is 0 Å². The van der Waals surface area contributed by atoms with E-state index >= 15 is 0 Å². The minimum atomic E-state index is -0.324. The maximum atomic E-state index is 12.1. The minimum Gasteiger partial charge on any atom is -0.463 e. The Bertz CT molecular complexity index is 570. The largest absolute Gasteiger partial charge is 0.463 e. The first-order chi connectivity index (χ1) is 11.0. The first kappa shape index (κ1) is 17.0. The molecule has 0 radical (unpaired) electrons. The molecule has 23 heavy (non-hydrogen) atoms. The van der Waals surface area contributed by atoms with Gasteiger partial charge in [0.2, 0.25) is 6.79 Å². The second-order valence-corrected chi connectivity index (χ2v) is 4.69. The normalized spacial score (nSPS) is 12.2. The van der Waals surface area contributed by atoms with Gasteiger partial charge in [-0.05, 0) is 13.8 Å². The van der Waals surface area contributed by atoms with Gasteiger partial charge in [-0.2, -0.15) is 0 Å². The van der Waals surface area contributed by atoms with Crippen molar-refractivity contribution in [1.29, 1.82) is 0 Å². The lowest BCUT2D eigenvalue weighted by Crippen LogP contribution is -2.12. The van der Waals surface area contributed by atoms with E-state index in [0.717, 1.165) is 0 Å². The maximum absolute atomic E-state index is 12.1. The number of carbonyl (C=O) groups excluding carboxylic acids is 2. The van der Waals surface area contributed by atoms with Crippen molar-refractivity contribution in [2.24, 2.45) is 0 Å². The Kier molecular flexibility index (Phi) is 5.41. The Morgan fingerprint density at radius 1 is 0.870 bits per heavy atom. The summed E-state index contributed by atoms with van der Waals surface area (Å²) in [5.41, 5.74) is 0.260. The second-order valence-electron chi connectivity index (χ2n) is 4.69. The van der Waals surface area contributed by atoms with Crippen molar-refractivity contribution in [3.05, 3.63) is 11.1 Å². The molecular formula is C15H18O8. The fourth-order valence-electron chi connectivity index (χ4n) is 2.23. The highest BCUT2D eigenvalue weighted by Gasteiger charge is 2.35. The summed E-state index contributed by atoms with van der Waals surface area (Å²) in [5.74, 6) is -0.195. The number of benzene rings is 1. The third-order valence-electron chi connectivity index (χ3n) is 3.07. The van der Waals surface area contributed by atoms with Crippen molar-refractivity contribution in [2.75, 3.05) is 34.6 Å². The van der Waals surface area contributed by atoms with Crippen molar-refractivity contribution < 1.29 is 38.0 Å². The number of rotatable bonds is 8. The average Bonchev–Trinajstić information content (AvgIpc) is 2.97. The smallest absolute Gasteiger partial charge is 0.231 e. The van der Waals surface area contributed by atoms with Gasteiger partial charge in [-0.3, -0.25) is 9.59 Å². The molecule has 126 valence electrons. The summed E-state index contributed by atoms with van der Waals surface area (Å²) in [6, 6.07) is 0. The predicted octanol–water partition coefficient (Wildman–Crippen LogP) is 1.79. The molecule has 0 atom stereocenters. The summed E-state index contributed by atoms with van der Waals surface area (Å²) >= 11 is 0. The highest BCUT2D eigenvalue weighted by atomic mass is 16.7. The zero-order valence-corrected chi connectivity index (χ0v) is 13.4. The number of fused-ring (bicyclic) bond motifs is 1. The Labute approximate surface area is 133 Å². The summed E-state index contributed by atoms with van der Waals surface area (Å²) in [6.07, 6.45) is 0. The molecule has 0 amide bonds. The second kappa shape index (κ2) is 7.30. The SMILES string of the molecule is COCOc1c(OCOC)c(C(C)=O)c2c(c1C(C)=O)OCO2. The van der Waals surface area contributed by atoms with Crippen LogP contribution in [0.1, 0.15) is 34.6 Å². The number of Topliss-reactive ketones (excluding diaryl/α,β-unsaturated/α-hetero) is 2. The molecule has 0 saturated carbocycles. The fraction of sp³-hybridized carbons (Fsp3) is 0.467. The van der Waals surface area contributed by atoms with E-state index in [4.69, 9.17) is 28.4 Å². The van der Waals surface area contributed by atoms with Crippen molar-refractivity contribution in [3.8, 4) is 23.0 Å². The molecule has 1 aromatic carbocycles. The number of hydrogen-bond acceptors (Lipinski definition) is 8. The van der Waals surface area contributed by atoms with Crippen LogP contribution >= 0.6 is 0 Å². The molecule has 0 aliphatic carbocycles. The molecule has 0 unspecified atom stereocenters. The van der Waals surface area contributed by atoms with Crippen LogP contribution in [0.15, 0.2) is 0 Å². The van der Waals surface area contributed by atoms with Gasteiger partial charge in [0.25, 0.3) is 0 Å². The molecule has 8 heteroatoms. The molecule has 0 saturated heterocycles. The van der Waals surface area contributed by atoms with Crippen LogP contribution in [0.5, 0.6) is 23.0 Å². The molecule has 1 aliphatic heterocycles. The molecule has 0 spiro atoms.